The minimum absolute atomic E-state index is 0.105. The minimum atomic E-state index is -0.810. The van der Waals surface area contributed by atoms with E-state index in [0.29, 0.717) is 23.8 Å². The molecular formula is C20H28ClN5O3. The lowest BCUT2D eigenvalue weighted by molar-refractivity contribution is -0.145. The molecule has 2 fully saturated rings. The predicted octanol–water partition coefficient (Wildman–Crippen LogP) is 0.633. The fraction of sp³-hybridized carbons (Fsp3) is 0.550. The van der Waals surface area contributed by atoms with Gasteiger partial charge in [-0.1, -0.05) is 30.7 Å². The van der Waals surface area contributed by atoms with Gasteiger partial charge in [-0.25, -0.2) is 0 Å². The maximum atomic E-state index is 12.9. The van der Waals surface area contributed by atoms with Gasteiger partial charge in [0.05, 0.1) is 23.7 Å². The van der Waals surface area contributed by atoms with Crippen molar-refractivity contribution in [2.45, 2.75) is 19.4 Å². The molecule has 0 aromatic heterocycles. The zero-order valence-electron chi connectivity index (χ0n) is 16.7. The van der Waals surface area contributed by atoms with Gasteiger partial charge in [-0.2, -0.15) is 0 Å². The summed E-state index contributed by atoms with van der Waals surface area (Å²) in [6.07, 6.45) is -0.105. The smallest absolute Gasteiger partial charge is 0.243 e. The van der Waals surface area contributed by atoms with Crippen LogP contribution in [0, 0.1) is 0 Å². The fourth-order valence-electron chi connectivity index (χ4n) is 3.70. The van der Waals surface area contributed by atoms with E-state index >= 15 is 0 Å². The van der Waals surface area contributed by atoms with Crippen LogP contribution in [0.5, 0.6) is 0 Å². The Labute approximate surface area is 176 Å². The number of anilines is 1. The Bertz CT molecular complexity index is 751. The summed E-state index contributed by atoms with van der Waals surface area (Å²) in [5, 5.41) is 5.91. The molecule has 2 heterocycles. The summed E-state index contributed by atoms with van der Waals surface area (Å²) in [7, 11) is 0. The summed E-state index contributed by atoms with van der Waals surface area (Å²) in [6.45, 7) is 7.76. The minimum Gasteiger partial charge on any atom is -0.353 e. The third kappa shape index (κ3) is 5.68. The summed E-state index contributed by atoms with van der Waals surface area (Å²) in [6, 6.07) is 6.10. The van der Waals surface area contributed by atoms with Gasteiger partial charge in [0.15, 0.2) is 0 Å². The van der Waals surface area contributed by atoms with Gasteiger partial charge >= 0.3 is 0 Å². The molecule has 1 atom stereocenters. The number of hydrogen-bond donors (Lipinski definition) is 2. The first-order chi connectivity index (χ1) is 14.0. The van der Waals surface area contributed by atoms with Gasteiger partial charge in [0.25, 0.3) is 0 Å². The Hall–Kier alpha value is -2.16. The average molecular weight is 422 g/mol. The third-order valence-corrected chi connectivity index (χ3v) is 5.78. The zero-order valence-corrected chi connectivity index (χ0v) is 17.5. The topological polar surface area (TPSA) is 85.0 Å². The van der Waals surface area contributed by atoms with E-state index in [-0.39, 0.29) is 30.7 Å². The molecule has 8 nitrogen and oxygen atoms in total. The van der Waals surface area contributed by atoms with Crippen molar-refractivity contribution < 1.29 is 14.4 Å². The number of carbonyl (C=O) groups is 3. The number of piperazine rings is 2. The summed E-state index contributed by atoms with van der Waals surface area (Å²) in [5.41, 5.74) is 0.488. The molecule has 3 amide bonds. The molecule has 29 heavy (non-hydrogen) atoms. The monoisotopic (exact) mass is 421 g/mol. The lowest BCUT2D eigenvalue weighted by atomic mass is 10.1. The predicted molar refractivity (Wildman–Crippen MR) is 112 cm³/mol. The summed E-state index contributed by atoms with van der Waals surface area (Å²) < 4.78 is 0. The quantitative estimate of drug-likeness (QED) is 0.704. The molecule has 158 valence electrons. The fourth-order valence-corrected chi connectivity index (χ4v) is 3.88. The second-order valence-electron chi connectivity index (χ2n) is 7.34. The number of carbonyl (C=O) groups excluding carboxylic acids is 3. The van der Waals surface area contributed by atoms with Crippen molar-refractivity contribution in [2.75, 3.05) is 57.7 Å². The van der Waals surface area contributed by atoms with Crippen LogP contribution in [0.25, 0.3) is 0 Å². The number of rotatable bonds is 6. The number of para-hydroxylation sites is 1. The van der Waals surface area contributed by atoms with Crippen molar-refractivity contribution in [3.8, 4) is 0 Å². The van der Waals surface area contributed by atoms with E-state index in [0.717, 1.165) is 32.7 Å². The molecule has 0 radical (unpaired) electrons. The molecule has 2 N–H and O–H groups in total. The Kier molecular flexibility index (Phi) is 7.46. The highest BCUT2D eigenvalue weighted by molar-refractivity contribution is 6.33. The third-order valence-electron chi connectivity index (χ3n) is 5.45. The average Bonchev–Trinajstić information content (AvgIpc) is 2.71. The second-order valence-corrected chi connectivity index (χ2v) is 7.74. The maximum Gasteiger partial charge on any atom is 0.243 e. The van der Waals surface area contributed by atoms with Crippen molar-refractivity contribution in [1.29, 1.82) is 0 Å². The first kappa shape index (κ1) is 21.5. The van der Waals surface area contributed by atoms with Gasteiger partial charge in [-0.05, 0) is 18.7 Å². The van der Waals surface area contributed by atoms with Crippen molar-refractivity contribution >= 4 is 35.0 Å². The molecule has 0 aliphatic carbocycles. The Morgan fingerprint density at radius 3 is 2.52 bits per heavy atom. The van der Waals surface area contributed by atoms with Crippen LogP contribution in [0.15, 0.2) is 24.3 Å². The molecule has 3 rings (SSSR count). The Morgan fingerprint density at radius 1 is 1.14 bits per heavy atom. The van der Waals surface area contributed by atoms with Crippen molar-refractivity contribution in [1.82, 2.24) is 20.0 Å². The highest BCUT2D eigenvalue weighted by Crippen LogP contribution is 2.21. The summed E-state index contributed by atoms with van der Waals surface area (Å²) >= 11 is 6.08. The highest BCUT2D eigenvalue weighted by Gasteiger charge is 2.35. The zero-order chi connectivity index (χ0) is 20.8. The number of amides is 3. The van der Waals surface area contributed by atoms with Gasteiger partial charge in [-0.15, -0.1) is 0 Å². The van der Waals surface area contributed by atoms with E-state index in [2.05, 4.69) is 27.4 Å². The molecule has 9 heteroatoms. The molecule has 0 saturated carbocycles. The first-order valence-corrected chi connectivity index (χ1v) is 10.4. The van der Waals surface area contributed by atoms with Crippen LogP contribution in [0.1, 0.15) is 13.3 Å². The number of halogens is 1. The maximum absolute atomic E-state index is 12.9. The van der Waals surface area contributed by atoms with E-state index in [1.54, 1.807) is 24.3 Å². The number of hydrogen-bond acceptors (Lipinski definition) is 5. The molecule has 0 bridgehead atoms. The van der Waals surface area contributed by atoms with Crippen LogP contribution < -0.4 is 10.6 Å². The van der Waals surface area contributed by atoms with E-state index in [9.17, 15) is 14.4 Å². The van der Waals surface area contributed by atoms with Gasteiger partial charge < -0.3 is 20.4 Å². The second kappa shape index (κ2) is 10.0. The molecular weight excluding hydrogens is 394 g/mol. The Morgan fingerprint density at radius 2 is 1.83 bits per heavy atom. The molecule has 2 aliphatic rings. The molecule has 1 aromatic rings. The van der Waals surface area contributed by atoms with Crippen LogP contribution in [0.4, 0.5) is 5.69 Å². The number of nitrogens with one attached hydrogen (secondary N) is 2. The summed E-state index contributed by atoms with van der Waals surface area (Å²) in [5.74, 6) is -0.760. The van der Waals surface area contributed by atoms with E-state index < -0.39 is 6.04 Å². The molecule has 0 spiro atoms. The standard InChI is InChI=1S/C20H28ClN5O3/c1-2-24-9-11-25(12-10-24)14-19(28)26-8-7-22-20(29)17(26)13-18(27)23-16-6-4-3-5-15(16)21/h3-6,17H,2,7-14H2,1H3,(H,22,29)(H,23,27)/t17-/m1/s1. The number of likely N-dealkylation sites (N-methyl/N-ethyl adjacent to an activating group) is 1. The SMILES string of the molecule is CCN1CCN(CC(=O)N2CCNC(=O)[C@H]2CC(=O)Nc2ccccc2Cl)CC1. The highest BCUT2D eigenvalue weighted by atomic mass is 35.5. The van der Waals surface area contributed by atoms with Crippen LogP contribution in [-0.4, -0.2) is 90.8 Å². The van der Waals surface area contributed by atoms with Crippen molar-refractivity contribution in [2.24, 2.45) is 0 Å². The normalized spacial score (nSPS) is 21.0. The number of nitrogens with zero attached hydrogens (tertiary/aromatic N) is 3. The lowest BCUT2D eigenvalue weighted by Gasteiger charge is -2.38. The molecule has 2 aliphatic heterocycles. The Balaban J connectivity index is 1.59. The molecule has 2 saturated heterocycles. The van der Waals surface area contributed by atoms with Gasteiger partial charge in [0.2, 0.25) is 17.7 Å². The van der Waals surface area contributed by atoms with Gasteiger partial charge in [0, 0.05) is 39.3 Å². The van der Waals surface area contributed by atoms with E-state index in [1.165, 1.54) is 4.90 Å². The molecule has 0 unspecified atom stereocenters. The van der Waals surface area contributed by atoms with Crippen molar-refractivity contribution in [3.63, 3.8) is 0 Å². The largest absolute Gasteiger partial charge is 0.353 e. The van der Waals surface area contributed by atoms with Crippen LogP contribution in [0.3, 0.4) is 0 Å². The van der Waals surface area contributed by atoms with Crippen LogP contribution in [0.2, 0.25) is 5.02 Å². The van der Waals surface area contributed by atoms with E-state index in [1.807, 2.05) is 0 Å². The van der Waals surface area contributed by atoms with Crippen molar-refractivity contribution in [3.05, 3.63) is 29.3 Å². The van der Waals surface area contributed by atoms with E-state index in [4.69, 9.17) is 11.6 Å². The van der Waals surface area contributed by atoms with Gasteiger partial charge in [-0.3, -0.25) is 19.3 Å². The molecule has 1 aromatic carbocycles. The summed E-state index contributed by atoms with van der Waals surface area (Å²) in [4.78, 5) is 43.8. The van der Waals surface area contributed by atoms with Gasteiger partial charge in [0.1, 0.15) is 6.04 Å². The van der Waals surface area contributed by atoms with Crippen LogP contribution in [-0.2, 0) is 14.4 Å². The first-order valence-electron chi connectivity index (χ1n) is 10.0. The lowest BCUT2D eigenvalue weighted by Crippen LogP contribution is -2.60. The van der Waals surface area contributed by atoms with Crippen LogP contribution >= 0.6 is 11.6 Å². The number of benzene rings is 1.